The van der Waals surface area contributed by atoms with Crippen LogP contribution in [0, 0.1) is 10.1 Å². The van der Waals surface area contributed by atoms with Gasteiger partial charge in [-0.25, -0.2) is 4.79 Å². The summed E-state index contributed by atoms with van der Waals surface area (Å²) < 4.78 is 79.5. The molecule has 6 N–H and O–H groups in total. The summed E-state index contributed by atoms with van der Waals surface area (Å²) in [6.45, 7) is 0. The summed E-state index contributed by atoms with van der Waals surface area (Å²) in [5.41, 5.74) is 8.05. The standard InChI is InChI=1S/C41H30N8O13S2/c1-61-35-17-21(6-13-33(35)45-43-31-5-3-4-23-16-25(63(55,56)57)9-10-26(23)31)22-7-14-34(36(18-22)62-2)46-48-39-37(64(58,59)60)20-28-27(40(39)50)11-12-30(42)38(28)47-44-32-15-8-24(49(53)54)19-29(32)41(51)52/h3-20,46H,42H2,1-2H3,(H,51,52)(H,55,56,57)(H,58,59,60). The molecule has 6 aromatic carbocycles. The number of hydrazone groups is 1. The third-order valence-electron chi connectivity index (χ3n) is 9.57. The first-order valence-corrected chi connectivity index (χ1v) is 21.0. The Hall–Kier alpha value is -8.25. The van der Waals surface area contributed by atoms with Gasteiger partial charge in [0.25, 0.3) is 25.9 Å². The Kier molecular flexibility index (Phi) is 11.8. The number of fused-ring (bicyclic) bond motifs is 2. The number of rotatable bonds is 13. The number of anilines is 2. The second kappa shape index (κ2) is 17.3. The molecule has 21 nitrogen and oxygen atoms in total. The Bertz CT molecular complexity index is 3330. The van der Waals surface area contributed by atoms with Gasteiger partial charge in [-0.05, 0) is 83.3 Å². The molecular formula is C41H30N8O13S2. The highest BCUT2D eigenvalue weighted by atomic mass is 32.2. The Labute approximate surface area is 361 Å². The number of hydrogen-bond acceptors (Lipinski definition) is 17. The number of methoxy groups -OCH3 is 2. The number of nitrogens with one attached hydrogen (secondary N) is 1. The number of nitrogens with two attached hydrogens (primary N) is 1. The molecule has 64 heavy (non-hydrogen) atoms. The molecular weight excluding hydrogens is 877 g/mol. The van der Waals surface area contributed by atoms with E-state index in [1.54, 1.807) is 48.5 Å². The van der Waals surface area contributed by atoms with Gasteiger partial charge in [0.1, 0.15) is 33.5 Å². The molecule has 0 aromatic heterocycles. The summed E-state index contributed by atoms with van der Waals surface area (Å²) in [5, 5.41) is 42.5. The van der Waals surface area contributed by atoms with Gasteiger partial charge in [0.15, 0.2) is 5.71 Å². The number of non-ortho nitro benzene ring substituents is 1. The van der Waals surface area contributed by atoms with Crippen molar-refractivity contribution in [3.8, 4) is 22.6 Å². The van der Waals surface area contributed by atoms with E-state index in [-0.39, 0.29) is 44.5 Å². The van der Waals surface area contributed by atoms with Gasteiger partial charge in [-0.1, -0.05) is 30.3 Å². The molecule has 0 aliphatic heterocycles. The van der Waals surface area contributed by atoms with E-state index in [1.165, 1.54) is 50.6 Å². The van der Waals surface area contributed by atoms with Crippen molar-refractivity contribution in [2.75, 3.05) is 25.4 Å². The molecule has 0 bridgehead atoms. The maximum Gasteiger partial charge on any atom is 0.338 e. The third-order valence-corrected chi connectivity index (χ3v) is 11.3. The van der Waals surface area contributed by atoms with Crippen LogP contribution in [-0.2, 0) is 20.2 Å². The molecule has 0 fully saturated rings. The Morgan fingerprint density at radius 1 is 0.766 bits per heavy atom. The SMILES string of the molecule is COc1cc(-c2ccc(NN=C3C(=O)c4ccc(N)c(N=Nc5ccc([N+](=O)[O-])cc5C(=O)O)c4C=C3S(=O)(=O)O)c(OC)c2)ccc1N=Nc1cccc2cc(S(=O)(=O)O)ccc12. The number of carbonyl (C=O) groups excluding carboxylic acids is 1. The second-order valence-corrected chi connectivity index (χ2v) is 16.3. The number of hydrogen-bond donors (Lipinski definition) is 5. The quantitative estimate of drug-likeness (QED) is 0.0238. The number of aromatic carboxylic acids is 1. The molecule has 1 aliphatic rings. The minimum absolute atomic E-state index is 0.123. The number of allylic oxidation sites excluding steroid dienone is 1. The molecule has 0 saturated heterocycles. The maximum atomic E-state index is 13.9. The van der Waals surface area contributed by atoms with E-state index in [2.05, 4.69) is 31.0 Å². The highest BCUT2D eigenvalue weighted by molar-refractivity contribution is 7.91. The molecule has 0 amide bonds. The summed E-state index contributed by atoms with van der Waals surface area (Å²) in [5.74, 6) is -2.00. The highest BCUT2D eigenvalue weighted by Gasteiger charge is 2.35. The Morgan fingerprint density at radius 2 is 1.44 bits per heavy atom. The molecule has 0 heterocycles. The molecule has 7 rings (SSSR count). The number of benzene rings is 6. The van der Waals surface area contributed by atoms with Crippen molar-refractivity contribution in [2.24, 2.45) is 25.6 Å². The summed E-state index contributed by atoms with van der Waals surface area (Å²) in [6.07, 6.45) is 0.895. The van der Waals surface area contributed by atoms with Gasteiger partial charge in [-0.15, -0.1) is 20.5 Å². The van der Waals surface area contributed by atoms with Crippen LogP contribution in [0.5, 0.6) is 11.5 Å². The lowest BCUT2D eigenvalue weighted by molar-refractivity contribution is -0.384. The van der Waals surface area contributed by atoms with E-state index in [9.17, 15) is 50.8 Å². The number of ether oxygens (including phenoxy) is 2. The fourth-order valence-corrected chi connectivity index (χ4v) is 7.61. The molecule has 1 aliphatic carbocycles. The van der Waals surface area contributed by atoms with E-state index < -0.39 is 58.8 Å². The zero-order chi connectivity index (χ0) is 46.1. The van der Waals surface area contributed by atoms with Crippen molar-refractivity contribution in [3.63, 3.8) is 0 Å². The van der Waals surface area contributed by atoms with Gasteiger partial charge < -0.3 is 20.3 Å². The molecule has 6 aromatic rings. The van der Waals surface area contributed by atoms with Crippen LogP contribution in [0.3, 0.4) is 0 Å². The number of carboxylic acid groups (broad SMARTS) is 1. The lowest BCUT2D eigenvalue weighted by atomic mass is 9.92. The van der Waals surface area contributed by atoms with E-state index in [0.717, 1.165) is 24.3 Å². The van der Waals surface area contributed by atoms with Crippen molar-refractivity contribution in [3.05, 3.63) is 135 Å². The van der Waals surface area contributed by atoms with Crippen LogP contribution in [0.1, 0.15) is 26.3 Å². The second-order valence-electron chi connectivity index (χ2n) is 13.5. The summed E-state index contributed by atoms with van der Waals surface area (Å²) in [7, 11) is -6.76. The largest absolute Gasteiger partial charge is 0.494 e. The van der Waals surface area contributed by atoms with E-state index in [4.69, 9.17) is 15.2 Å². The zero-order valence-corrected chi connectivity index (χ0v) is 34.5. The molecule has 0 unspecified atom stereocenters. The van der Waals surface area contributed by atoms with Crippen molar-refractivity contribution in [1.82, 2.24) is 0 Å². The number of nitrogen functional groups attached to an aromatic ring is 1. The van der Waals surface area contributed by atoms with Crippen LogP contribution in [-0.4, -0.2) is 67.7 Å². The topological polar surface area (TPSA) is 325 Å². The minimum atomic E-state index is -5.16. The first kappa shape index (κ1) is 43.8. The predicted octanol–water partition coefficient (Wildman–Crippen LogP) is 8.68. The van der Waals surface area contributed by atoms with E-state index in [1.807, 2.05) is 0 Å². The lowest BCUT2D eigenvalue weighted by Crippen LogP contribution is -2.27. The molecule has 0 spiro atoms. The predicted molar refractivity (Wildman–Crippen MR) is 233 cm³/mol. The van der Waals surface area contributed by atoms with Crippen LogP contribution in [0.15, 0.2) is 138 Å². The third kappa shape index (κ3) is 8.88. The monoisotopic (exact) mass is 906 g/mol. The average molecular weight is 907 g/mol. The van der Waals surface area contributed by atoms with Gasteiger partial charge >= 0.3 is 5.97 Å². The van der Waals surface area contributed by atoms with E-state index in [0.29, 0.717) is 39.0 Å². The van der Waals surface area contributed by atoms with Gasteiger partial charge in [-0.3, -0.25) is 29.4 Å². The maximum absolute atomic E-state index is 13.9. The van der Waals surface area contributed by atoms with Gasteiger partial charge in [0.2, 0.25) is 5.78 Å². The number of nitrogens with zero attached hydrogens (tertiary/aromatic N) is 6. The summed E-state index contributed by atoms with van der Waals surface area (Å²) in [6, 6.07) is 24.3. The minimum Gasteiger partial charge on any atom is -0.494 e. The van der Waals surface area contributed by atoms with Crippen LogP contribution < -0.4 is 20.6 Å². The van der Waals surface area contributed by atoms with E-state index >= 15 is 0 Å². The van der Waals surface area contributed by atoms with Crippen molar-refractivity contribution >= 4 is 94.4 Å². The number of nitro benzene ring substituents is 1. The van der Waals surface area contributed by atoms with Gasteiger partial charge in [0.05, 0.1) is 46.7 Å². The number of Topliss-reactive ketones (excluding diaryl/α,β-unsaturated/α-hetero) is 1. The Morgan fingerprint density at radius 3 is 2.11 bits per heavy atom. The fraction of sp³-hybridized carbons (Fsp3) is 0.0488. The van der Waals surface area contributed by atoms with Crippen molar-refractivity contribution < 1.29 is 55.0 Å². The van der Waals surface area contributed by atoms with Crippen molar-refractivity contribution in [2.45, 2.75) is 4.90 Å². The molecule has 0 saturated carbocycles. The molecule has 324 valence electrons. The first-order chi connectivity index (χ1) is 30.4. The normalized spacial score (nSPS) is 13.6. The number of nitro groups is 1. The van der Waals surface area contributed by atoms with Crippen LogP contribution in [0.4, 0.5) is 39.8 Å². The van der Waals surface area contributed by atoms with Gasteiger partial charge in [0, 0.05) is 28.6 Å². The lowest BCUT2D eigenvalue weighted by Gasteiger charge is -2.18. The fourth-order valence-electron chi connectivity index (χ4n) is 6.44. The zero-order valence-electron chi connectivity index (χ0n) is 32.9. The summed E-state index contributed by atoms with van der Waals surface area (Å²) in [4.78, 5) is 34.9. The van der Waals surface area contributed by atoms with Gasteiger partial charge in [-0.2, -0.15) is 21.9 Å². The van der Waals surface area contributed by atoms with Crippen LogP contribution in [0.25, 0.3) is 28.0 Å². The highest BCUT2D eigenvalue weighted by Crippen LogP contribution is 2.40. The number of carboxylic acids is 1. The Balaban J connectivity index is 1.17. The smallest absolute Gasteiger partial charge is 0.338 e. The molecule has 0 radical (unpaired) electrons. The van der Waals surface area contributed by atoms with Crippen LogP contribution >= 0.6 is 0 Å². The number of ketones is 1. The number of carbonyl (C=O) groups is 2. The van der Waals surface area contributed by atoms with Crippen LogP contribution in [0.2, 0.25) is 0 Å². The summed E-state index contributed by atoms with van der Waals surface area (Å²) >= 11 is 0. The molecule has 0 atom stereocenters. The molecule has 23 heteroatoms. The van der Waals surface area contributed by atoms with Crippen molar-refractivity contribution in [1.29, 1.82) is 0 Å². The average Bonchev–Trinajstić information content (AvgIpc) is 3.26. The number of azo groups is 2. The first-order valence-electron chi connectivity index (χ1n) is 18.1.